The maximum atomic E-state index is 13.8. The second-order valence-corrected chi connectivity index (χ2v) is 10.7. The zero-order valence-electron chi connectivity index (χ0n) is 22.7. The molecule has 1 aromatic heterocycles. The van der Waals surface area contributed by atoms with Gasteiger partial charge in [-0.3, -0.25) is 9.84 Å². The van der Waals surface area contributed by atoms with E-state index in [0.29, 0.717) is 30.3 Å². The first-order valence-electron chi connectivity index (χ1n) is 13.4. The molecule has 1 heterocycles. The third-order valence-corrected chi connectivity index (χ3v) is 7.59. The van der Waals surface area contributed by atoms with E-state index in [1.54, 1.807) is 53.2 Å². The maximum absolute atomic E-state index is 13.8. The van der Waals surface area contributed by atoms with Gasteiger partial charge in [-0.1, -0.05) is 91.0 Å². The molecule has 42 heavy (non-hydrogen) atoms. The molecule has 0 aliphatic carbocycles. The van der Waals surface area contributed by atoms with E-state index in [9.17, 15) is 4.57 Å². The monoisotopic (exact) mass is 580 g/mol. The van der Waals surface area contributed by atoms with Crippen LogP contribution in [0.5, 0.6) is 11.5 Å². The summed E-state index contributed by atoms with van der Waals surface area (Å²) in [7, 11) is -4.11. The number of hydrogen-bond donors (Lipinski definition) is 1. The lowest BCUT2D eigenvalue weighted by Crippen LogP contribution is -2.29. The fourth-order valence-corrected chi connectivity index (χ4v) is 5.37. The molecule has 0 bridgehead atoms. The molecule has 0 fully saturated rings. The van der Waals surface area contributed by atoms with Crippen molar-refractivity contribution in [3.63, 3.8) is 0 Å². The minimum atomic E-state index is -4.11. The number of para-hydroxylation sites is 2. The van der Waals surface area contributed by atoms with Gasteiger partial charge in [0.15, 0.2) is 5.82 Å². The minimum Gasteiger partial charge on any atom is -0.395 e. The highest BCUT2D eigenvalue weighted by molar-refractivity contribution is 7.49. The fraction of sp³-hybridized carbons (Fsp3) is 0.161. The first-order valence-corrected chi connectivity index (χ1v) is 14.8. The third-order valence-electron chi connectivity index (χ3n) is 6.28. The predicted molar refractivity (Wildman–Crippen MR) is 157 cm³/mol. The number of nitrogens with zero attached hydrogens (tertiary/aromatic N) is 5. The van der Waals surface area contributed by atoms with Gasteiger partial charge in [-0.2, -0.15) is 5.26 Å². The fourth-order valence-electron chi connectivity index (χ4n) is 4.24. The Balaban J connectivity index is 1.34. The second-order valence-electron chi connectivity index (χ2n) is 9.22. The number of aromatic nitrogens is 4. The van der Waals surface area contributed by atoms with Gasteiger partial charge in [-0.25, -0.2) is 9.25 Å². The highest BCUT2D eigenvalue weighted by atomic mass is 31.2. The lowest BCUT2D eigenvalue weighted by molar-refractivity contribution is 0.183. The van der Waals surface area contributed by atoms with Gasteiger partial charge < -0.3 is 9.05 Å². The molecular weight excluding hydrogens is 551 g/mol. The van der Waals surface area contributed by atoms with E-state index >= 15 is 0 Å². The Morgan fingerprint density at radius 3 is 1.98 bits per heavy atom. The number of nitrogens with one attached hydrogen (secondary N) is 1. The number of hydrogen-bond acceptors (Lipinski definition) is 9. The first-order chi connectivity index (χ1) is 20.6. The maximum Gasteiger partial charge on any atom is 0.588 e. The Bertz CT molecular complexity index is 1580. The molecule has 212 valence electrons. The molecular formula is C31H29N6O4P. The lowest BCUT2D eigenvalue weighted by Gasteiger charge is -2.22. The quantitative estimate of drug-likeness (QED) is 0.118. The van der Waals surface area contributed by atoms with Crippen LogP contribution in [0.25, 0.3) is 11.1 Å². The molecule has 10 nitrogen and oxygen atoms in total. The molecule has 0 amide bonds. The number of nitriles is 1. The summed E-state index contributed by atoms with van der Waals surface area (Å²) in [6.45, 7) is 0.131. The van der Waals surface area contributed by atoms with Crippen LogP contribution in [0.3, 0.4) is 0 Å². The van der Waals surface area contributed by atoms with Crippen molar-refractivity contribution in [1.82, 2.24) is 25.5 Å². The Labute approximate surface area is 244 Å². The van der Waals surface area contributed by atoms with Crippen LogP contribution in [0.2, 0.25) is 0 Å². The number of rotatable bonds is 14. The molecule has 5 rings (SSSR count). The van der Waals surface area contributed by atoms with Gasteiger partial charge in [0.05, 0.1) is 25.1 Å². The van der Waals surface area contributed by atoms with Gasteiger partial charge in [0.2, 0.25) is 0 Å². The molecule has 1 atom stereocenters. The Morgan fingerprint density at radius 1 is 0.810 bits per heavy atom. The van der Waals surface area contributed by atoms with E-state index in [1.165, 1.54) is 0 Å². The largest absolute Gasteiger partial charge is 0.588 e. The zero-order valence-corrected chi connectivity index (χ0v) is 23.6. The number of phosphoric acid groups is 1. The summed E-state index contributed by atoms with van der Waals surface area (Å²) in [5, 5.41) is 24.5. The van der Waals surface area contributed by atoms with E-state index in [0.717, 1.165) is 16.7 Å². The highest BCUT2D eigenvalue weighted by Crippen LogP contribution is 2.49. The Kier molecular flexibility index (Phi) is 9.70. The van der Waals surface area contributed by atoms with Crippen molar-refractivity contribution >= 4 is 7.82 Å². The topological polar surface area (TPSA) is 124 Å². The van der Waals surface area contributed by atoms with Gasteiger partial charge in [0.25, 0.3) is 0 Å². The van der Waals surface area contributed by atoms with Gasteiger partial charge in [0, 0.05) is 0 Å². The molecule has 0 saturated carbocycles. The number of benzene rings is 4. The summed E-state index contributed by atoms with van der Waals surface area (Å²) in [5.74, 6) is 1.20. The van der Waals surface area contributed by atoms with E-state index in [2.05, 4.69) is 51.2 Å². The van der Waals surface area contributed by atoms with E-state index in [-0.39, 0.29) is 13.2 Å². The van der Waals surface area contributed by atoms with Crippen molar-refractivity contribution in [2.75, 3.05) is 6.73 Å². The van der Waals surface area contributed by atoms with Crippen molar-refractivity contribution < 1.29 is 18.1 Å². The second kappa shape index (κ2) is 14.2. The van der Waals surface area contributed by atoms with E-state index < -0.39 is 13.9 Å². The van der Waals surface area contributed by atoms with Crippen LogP contribution in [-0.2, 0) is 22.1 Å². The molecule has 0 aliphatic rings. The summed E-state index contributed by atoms with van der Waals surface area (Å²) in [5.41, 5.74) is 3.24. The standard InChI is InChI=1S/C31H29N6O4P/c32-21-10-22-37-31(34-35-36-37)30(23-25-17-19-27(20-18-25)26-11-4-1-5-12-26)33-24-39-42(38,40-28-13-6-2-7-14-28)41-29-15-8-3-9-16-29/h1-9,11-20,30,33H,10,22-24H2/t30-/m1/s1. The molecule has 0 aliphatic heterocycles. The van der Waals surface area contributed by atoms with Crippen molar-refractivity contribution in [3.8, 4) is 28.7 Å². The normalized spacial score (nSPS) is 11.9. The van der Waals surface area contributed by atoms with Crippen LogP contribution in [0, 0.1) is 11.3 Å². The number of phosphoric ester groups is 1. The van der Waals surface area contributed by atoms with Crippen LogP contribution >= 0.6 is 7.82 Å². The van der Waals surface area contributed by atoms with E-state index in [1.807, 2.05) is 42.5 Å². The Morgan fingerprint density at radius 2 is 1.38 bits per heavy atom. The molecule has 1 N–H and O–H groups in total. The summed E-state index contributed by atoms with van der Waals surface area (Å²) in [6, 6.07) is 37.4. The lowest BCUT2D eigenvalue weighted by atomic mass is 10.0. The average molecular weight is 581 g/mol. The molecule has 0 unspecified atom stereocenters. The van der Waals surface area contributed by atoms with Crippen molar-refractivity contribution in [3.05, 3.63) is 127 Å². The van der Waals surface area contributed by atoms with Crippen LogP contribution in [-0.4, -0.2) is 26.9 Å². The SMILES string of the molecule is N#CCCn1nnnc1[C@@H](Cc1ccc(-c2ccccc2)cc1)NCOP(=O)(Oc1ccccc1)Oc1ccccc1. The van der Waals surface area contributed by atoms with Crippen molar-refractivity contribution in [2.24, 2.45) is 0 Å². The van der Waals surface area contributed by atoms with Crippen LogP contribution in [0.15, 0.2) is 115 Å². The summed E-state index contributed by atoms with van der Waals surface area (Å²) >= 11 is 0. The smallest absolute Gasteiger partial charge is 0.395 e. The Hall–Kier alpha value is -4.81. The number of tetrazole rings is 1. The van der Waals surface area contributed by atoms with Crippen LogP contribution in [0.1, 0.15) is 23.9 Å². The van der Waals surface area contributed by atoms with Gasteiger partial charge in [0.1, 0.15) is 18.2 Å². The predicted octanol–water partition coefficient (Wildman–Crippen LogP) is 6.37. The molecule has 0 radical (unpaired) electrons. The van der Waals surface area contributed by atoms with Gasteiger partial charge in [-0.15, -0.1) is 5.10 Å². The van der Waals surface area contributed by atoms with Crippen molar-refractivity contribution in [1.29, 1.82) is 5.26 Å². The van der Waals surface area contributed by atoms with E-state index in [4.69, 9.17) is 18.8 Å². The summed E-state index contributed by atoms with van der Waals surface area (Å²) in [4.78, 5) is 0. The highest BCUT2D eigenvalue weighted by Gasteiger charge is 2.32. The molecule has 0 saturated heterocycles. The first kappa shape index (κ1) is 28.7. The molecule has 5 aromatic rings. The summed E-state index contributed by atoms with van der Waals surface area (Å²) in [6.07, 6.45) is 0.743. The van der Waals surface area contributed by atoms with Crippen molar-refractivity contribution in [2.45, 2.75) is 25.4 Å². The molecule has 11 heteroatoms. The third kappa shape index (κ3) is 7.89. The zero-order chi connectivity index (χ0) is 29.0. The average Bonchev–Trinajstić information content (AvgIpc) is 3.50. The van der Waals surface area contributed by atoms with Crippen LogP contribution in [0.4, 0.5) is 0 Å². The van der Waals surface area contributed by atoms with Crippen LogP contribution < -0.4 is 14.4 Å². The van der Waals surface area contributed by atoms with Gasteiger partial charge in [-0.05, 0) is 57.8 Å². The molecule has 0 spiro atoms. The summed E-state index contributed by atoms with van der Waals surface area (Å²) < 4.78 is 32.6. The number of aryl methyl sites for hydroxylation is 1. The minimum absolute atomic E-state index is 0.200. The molecule has 4 aromatic carbocycles. The van der Waals surface area contributed by atoms with Gasteiger partial charge >= 0.3 is 7.82 Å².